The van der Waals surface area contributed by atoms with Crippen molar-refractivity contribution in [1.82, 2.24) is 10.1 Å². The van der Waals surface area contributed by atoms with Gasteiger partial charge in [0.1, 0.15) is 22.7 Å². The maximum atomic E-state index is 12.4. The van der Waals surface area contributed by atoms with E-state index in [0.29, 0.717) is 22.2 Å². The number of nitriles is 1. The molecule has 1 amide bonds. The lowest BCUT2D eigenvalue weighted by Gasteiger charge is -2.10. The number of thioether (sulfide) groups is 1. The molecule has 2 heterocycles. The Hall–Kier alpha value is -3.31. The highest BCUT2D eigenvalue weighted by Gasteiger charge is 2.17. The van der Waals surface area contributed by atoms with Gasteiger partial charge in [0.25, 0.3) is 5.91 Å². The van der Waals surface area contributed by atoms with E-state index in [9.17, 15) is 10.1 Å². The monoisotopic (exact) mass is 365 g/mol. The summed E-state index contributed by atoms with van der Waals surface area (Å²) >= 11 is 1.31. The largest absolute Gasteiger partial charge is 0.383 e. The van der Waals surface area contributed by atoms with E-state index in [4.69, 9.17) is 10.3 Å². The summed E-state index contributed by atoms with van der Waals surface area (Å²) in [5.41, 5.74) is 7.76. The molecule has 0 unspecified atom stereocenters. The molecule has 3 aromatic rings. The number of benzene rings is 1. The van der Waals surface area contributed by atoms with Crippen molar-refractivity contribution >= 4 is 29.2 Å². The zero-order chi connectivity index (χ0) is 18.5. The summed E-state index contributed by atoms with van der Waals surface area (Å²) in [7, 11) is 0. The van der Waals surface area contributed by atoms with Crippen molar-refractivity contribution in [2.75, 3.05) is 11.1 Å². The van der Waals surface area contributed by atoms with Crippen molar-refractivity contribution in [3.05, 3.63) is 65.0 Å². The van der Waals surface area contributed by atoms with Crippen LogP contribution in [0.3, 0.4) is 0 Å². The lowest BCUT2D eigenvalue weighted by atomic mass is 10.2. The minimum absolute atomic E-state index is 0.0660. The number of nitrogens with two attached hydrogens (primary N) is 1. The van der Waals surface area contributed by atoms with E-state index in [1.807, 2.05) is 24.3 Å². The summed E-state index contributed by atoms with van der Waals surface area (Å²) in [5, 5.41) is 16.5. The molecule has 0 atom stereocenters. The van der Waals surface area contributed by atoms with Gasteiger partial charge in [-0.2, -0.15) is 5.26 Å². The summed E-state index contributed by atoms with van der Waals surface area (Å²) in [6.45, 7) is 1.80. The summed E-state index contributed by atoms with van der Waals surface area (Å²) in [6.07, 6.45) is 0. The first-order valence-corrected chi connectivity index (χ1v) is 8.67. The molecule has 3 rings (SSSR count). The van der Waals surface area contributed by atoms with Crippen molar-refractivity contribution in [2.45, 2.75) is 17.7 Å². The van der Waals surface area contributed by atoms with Gasteiger partial charge in [-0.25, -0.2) is 4.98 Å². The van der Waals surface area contributed by atoms with E-state index >= 15 is 0 Å². The number of pyridine rings is 1. The van der Waals surface area contributed by atoms with E-state index in [-0.39, 0.29) is 16.9 Å². The lowest BCUT2D eigenvalue weighted by molar-refractivity contribution is 0.102. The number of aryl methyl sites for hydroxylation is 1. The Kier molecular flexibility index (Phi) is 5.20. The number of amides is 1. The van der Waals surface area contributed by atoms with Gasteiger partial charge in [0.2, 0.25) is 0 Å². The van der Waals surface area contributed by atoms with Gasteiger partial charge in [0.05, 0.1) is 16.8 Å². The van der Waals surface area contributed by atoms with Crippen molar-refractivity contribution in [2.24, 2.45) is 0 Å². The SMILES string of the molecule is Cc1cc(CSc2nc(N)c(C(=O)Nc3ccccc3)cc2C#N)no1. The second-order valence-electron chi connectivity index (χ2n) is 5.42. The number of carbonyl (C=O) groups excluding carboxylic acids is 1. The van der Waals surface area contributed by atoms with Gasteiger partial charge in [-0.05, 0) is 25.1 Å². The predicted octanol–water partition coefficient (Wildman–Crippen LogP) is 3.38. The standard InChI is InChI=1S/C18H15N5O2S/c1-11-7-14(23-25-11)10-26-18-12(9-19)8-15(16(20)22-18)17(24)21-13-5-3-2-4-6-13/h2-8H,10H2,1H3,(H2,20,22)(H,21,24). The fourth-order valence-corrected chi connectivity index (χ4v) is 3.07. The number of hydrogen-bond donors (Lipinski definition) is 2. The second kappa shape index (κ2) is 7.72. The van der Waals surface area contributed by atoms with Crippen LogP contribution in [0, 0.1) is 18.3 Å². The third-order valence-electron chi connectivity index (χ3n) is 3.45. The first-order valence-electron chi connectivity index (χ1n) is 7.69. The highest BCUT2D eigenvalue weighted by atomic mass is 32.2. The van der Waals surface area contributed by atoms with Gasteiger partial charge < -0.3 is 15.6 Å². The molecular formula is C18H15N5O2S. The molecule has 0 aliphatic carbocycles. The molecule has 0 saturated heterocycles. The molecule has 7 nitrogen and oxygen atoms in total. The van der Waals surface area contributed by atoms with Gasteiger partial charge >= 0.3 is 0 Å². The van der Waals surface area contributed by atoms with Crippen molar-refractivity contribution in [1.29, 1.82) is 5.26 Å². The molecule has 1 aromatic carbocycles. The molecule has 8 heteroatoms. The van der Waals surface area contributed by atoms with Gasteiger partial charge in [-0.15, -0.1) is 0 Å². The van der Waals surface area contributed by atoms with Gasteiger partial charge in [-0.3, -0.25) is 4.79 Å². The van der Waals surface area contributed by atoms with E-state index in [1.54, 1.807) is 19.1 Å². The lowest BCUT2D eigenvalue weighted by Crippen LogP contribution is -2.15. The average molecular weight is 365 g/mol. The first-order chi connectivity index (χ1) is 12.6. The normalized spacial score (nSPS) is 10.3. The molecular weight excluding hydrogens is 350 g/mol. The predicted molar refractivity (Wildman–Crippen MR) is 98.6 cm³/mol. The van der Waals surface area contributed by atoms with Crippen LogP contribution in [0.15, 0.2) is 52.0 Å². The molecule has 2 aromatic heterocycles. The van der Waals surface area contributed by atoms with E-state index < -0.39 is 5.91 Å². The highest BCUT2D eigenvalue weighted by molar-refractivity contribution is 7.98. The van der Waals surface area contributed by atoms with Crippen LogP contribution >= 0.6 is 11.8 Å². The second-order valence-corrected chi connectivity index (χ2v) is 6.39. The topological polar surface area (TPSA) is 118 Å². The van der Waals surface area contributed by atoms with Gasteiger partial charge in [0.15, 0.2) is 0 Å². The van der Waals surface area contributed by atoms with Crippen molar-refractivity contribution in [3.8, 4) is 6.07 Å². The number of nitrogens with one attached hydrogen (secondary N) is 1. The highest BCUT2D eigenvalue weighted by Crippen LogP contribution is 2.27. The number of nitrogen functional groups attached to an aromatic ring is 1. The third kappa shape index (κ3) is 4.02. The number of para-hydroxylation sites is 1. The van der Waals surface area contributed by atoms with Crippen LogP contribution < -0.4 is 11.1 Å². The number of rotatable bonds is 5. The van der Waals surface area contributed by atoms with Crippen molar-refractivity contribution < 1.29 is 9.32 Å². The molecule has 130 valence electrons. The third-order valence-corrected chi connectivity index (χ3v) is 4.47. The van der Waals surface area contributed by atoms with Crippen LogP contribution in [0.4, 0.5) is 11.5 Å². The molecule has 26 heavy (non-hydrogen) atoms. The van der Waals surface area contributed by atoms with E-state index in [2.05, 4.69) is 21.5 Å². The number of aromatic nitrogens is 2. The first kappa shape index (κ1) is 17.5. The zero-order valence-corrected chi connectivity index (χ0v) is 14.7. The molecule has 0 aliphatic heterocycles. The zero-order valence-electron chi connectivity index (χ0n) is 13.9. The molecule has 3 N–H and O–H groups in total. The van der Waals surface area contributed by atoms with E-state index in [1.165, 1.54) is 17.8 Å². The summed E-state index contributed by atoms with van der Waals surface area (Å²) < 4.78 is 5.01. The average Bonchev–Trinajstić information content (AvgIpc) is 3.06. The maximum Gasteiger partial charge on any atom is 0.259 e. The Balaban J connectivity index is 1.80. The summed E-state index contributed by atoms with van der Waals surface area (Å²) in [6, 6.07) is 14.3. The number of anilines is 2. The molecule has 0 radical (unpaired) electrons. The minimum atomic E-state index is -0.415. The van der Waals surface area contributed by atoms with E-state index in [0.717, 1.165) is 5.69 Å². The van der Waals surface area contributed by atoms with Gasteiger partial charge in [-0.1, -0.05) is 35.1 Å². The van der Waals surface area contributed by atoms with Crippen molar-refractivity contribution in [3.63, 3.8) is 0 Å². The smallest absolute Gasteiger partial charge is 0.259 e. The fraction of sp³-hybridized carbons (Fsp3) is 0.111. The molecule has 0 spiro atoms. The van der Waals surface area contributed by atoms with Crippen LogP contribution in [0.2, 0.25) is 0 Å². The Morgan fingerprint density at radius 1 is 1.35 bits per heavy atom. The molecule has 0 aliphatic rings. The van der Waals surface area contributed by atoms with Crippen LogP contribution in [0.25, 0.3) is 0 Å². The fourth-order valence-electron chi connectivity index (χ4n) is 2.23. The quantitative estimate of drug-likeness (QED) is 0.665. The van der Waals surface area contributed by atoms with Crippen LogP contribution in [-0.2, 0) is 5.75 Å². The van der Waals surface area contributed by atoms with Crippen LogP contribution in [0.5, 0.6) is 0 Å². The number of nitrogens with zero attached hydrogens (tertiary/aromatic N) is 3. The molecule has 0 bridgehead atoms. The number of hydrogen-bond acceptors (Lipinski definition) is 7. The summed E-state index contributed by atoms with van der Waals surface area (Å²) in [5.74, 6) is 0.841. The number of carbonyl (C=O) groups is 1. The molecule has 0 saturated carbocycles. The minimum Gasteiger partial charge on any atom is -0.383 e. The Morgan fingerprint density at radius 3 is 2.77 bits per heavy atom. The summed E-state index contributed by atoms with van der Waals surface area (Å²) in [4.78, 5) is 16.7. The molecule has 0 fully saturated rings. The maximum absolute atomic E-state index is 12.4. The van der Waals surface area contributed by atoms with Gasteiger partial charge in [0, 0.05) is 17.5 Å². The Morgan fingerprint density at radius 2 is 2.12 bits per heavy atom. The van der Waals surface area contributed by atoms with Crippen LogP contribution in [-0.4, -0.2) is 16.0 Å². The Labute approximate surface area is 154 Å². The Bertz CT molecular complexity index is 979. The van der Waals surface area contributed by atoms with Crippen LogP contribution in [0.1, 0.15) is 27.4 Å².